The molecule has 0 aromatic carbocycles. The molecule has 0 fully saturated rings. The Morgan fingerprint density at radius 2 is 1.88 bits per heavy atom. The van der Waals surface area contributed by atoms with Crippen LogP contribution in [0.25, 0.3) is 0 Å². The predicted molar refractivity (Wildman–Crippen MR) is 84.6 cm³/mol. The Labute approximate surface area is 119 Å². The van der Waals surface area contributed by atoms with Crippen LogP contribution in [0.15, 0.2) is 22.0 Å². The van der Waals surface area contributed by atoms with E-state index in [2.05, 4.69) is 73.8 Å². The third-order valence-corrected chi connectivity index (χ3v) is 3.65. The lowest BCUT2D eigenvalue weighted by Gasteiger charge is -2.29. The van der Waals surface area contributed by atoms with E-state index in [9.17, 15) is 0 Å². The zero-order valence-corrected chi connectivity index (χ0v) is 14.1. The van der Waals surface area contributed by atoms with Crippen molar-refractivity contribution in [3.05, 3.63) is 22.0 Å². The van der Waals surface area contributed by atoms with E-state index in [1.165, 1.54) is 0 Å². The number of nitrogens with one attached hydrogen (secondary N) is 2. The fraction of sp³-hybridized carbons (Fsp3) is 0.692. The third kappa shape index (κ3) is 8.89. The van der Waals surface area contributed by atoms with Gasteiger partial charge in [-0.15, -0.1) is 11.8 Å². The minimum Gasteiger partial charge on any atom is -0.296 e. The van der Waals surface area contributed by atoms with Crippen molar-refractivity contribution in [3.63, 3.8) is 0 Å². The Balaban J connectivity index is 4.75. The van der Waals surface area contributed by atoms with Crippen LogP contribution < -0.4 is 10.6 Å². The van der Waals surface area contributed by atoms with Gasteiger partial charge in [-0.1, -0.05) is 6.58 Å². The van der Waals surface area contributed by atoms with Gasteiger partial charge in [-0.3, -0.25) is 10.6 Å². The Bertz CT molecular complexity index is 280. The van der Waals surface area contributed by atoms with Crippen LogP contribution in [-0.2, 0) is 0 Å². The highest BCUT2D eigenvalue weighted by Gasteiger charge is 2.16. The zero-order valence-electron chi connectivity index (χ0n) is 11.7. The summed E-state index contributed by atoms with van der Waals surface area (Å²) in [6, 6.07) is 0.425. The van der Waals surface area contributed by atoms with Crippen LogP contribution in [0.3, 0.4) is 0 Å². The molecule has 0 aliphatic carbocycles. The second-order valence-electron chi connectivity index (χ2n) is 5.34. The summed E-state index contributed by atoms with van der Waals surface area (Å²) in [7, 11) is 0. The SMILES string of the molecule is C=C(SC)/C(Br)=C\C(NC(C)C)NC(C)(C)C. The van der Waals surface area contributed by atoms with E-state index >= 15 is 0 Å². The average Bonchev–Trinajstić information content (AvgIpc) is 2.12. The van der Waals surface area contributed by atoms with Crippen LogP contribution >= 0.6 is 27.7 Å². The number of halogens is 1. The zero-order chi connectivity index (χ0) is 13.6. The normalized spacial score (nSPS) is 15.2. The molecular formula is C13H25BrN2S. The van der Waals surface area contributed by atoms with Gasteiger partial charge < -0.3 is 0 Å². The first-order valence-corrected chi connectivity index (χ1v) is 7.82. The van der Waals surface area contributed by atoms with Crippen molar-refractivity contribution in [1.29, 1.82) is 0 Å². The van der Waals surface area contributed by atoms with E-state index in [4.69, 9.17) is 0 Å². The van der Waals surface area contributed by atoms with Crippen LogP contribution in [0.5, 0.6) is 0 Å². The molecule has 0 spiro atoms. The average molecular weight is 321 g/mol. The fourth-order valence-electron chi connectivity index (χ4n) is 1.29. The van der Waals surface area contributed by atoms with Crippen LogP contribution in [-0.4, -0.2) is 24.0 Å². The van der Waals surface area contributed by atoms with Gasteiger partial charge in [-0.2, -0.15) is 0 Å². The topological polar surface area (TPSA) is 24.1 Å². The Hall–Kier alpha value is 0.230. The molecule has 1 atom stereocenters. The summed E-state index contributed by atoms with van der Waals surface area (Å²) in [5.41, 5.74) is 0.0665. The molecule has 100 valence electrons. The molecule has 0 saturated heterocycles. The first-order valence-electron chi connectivity index (χ1n) is 5.80. The van der Waals surface area contributed by atoms with Crippen molar-refractivity contribution >= 4 is 27.7 Å². The van der Waals surface area contributed by atoms with Crippen molar-refractivity contribution in [1.82, 2.24) is 10.6 Å². The molecule has 0 heterocycles. The summed E-state index contributed by atoms with van der Waals surface area (Å²) in [4.78, 5) is 1.04. The molecule has 0 aliphatic rings. The molecule has 0 aromatic rings. The summed E-state index contributed by atoms with van der Waals surface area (Å²) < 4.78 is 1.04. The minimum absolute atomic E-state index is 0.0665. The lowest BCUT2D eigenvalue weighted by molar-refractivity contribution is 0.341. The highest BCUT2D eigenvalue weighted by molar-refractivity contribution is 9.12. The number of hydrogen-bond donors (Lipinski definition) is 2. The van der Waals surface area contributed by atoms with E-state index in [0.717, 1.165) is 9.39 Å². The summed E-state index contributed by atoms with van der Waals surface area (Å²) in [6.07, 6.45) is 4.29. The Kier molecular flexibility index (Phi) is 7.72. The lowest BCUT2D eigenvalue weighted by atomic mass is 10.1. The molecule has 0 radical (unpaired) electrons. The van der Waals surface area contributed by atoms with Crippen molar-refractivity contribution in [2.24, 2.45) is 0 Å². The number of thioether (sulfide) groups is 1. The van der Waals surface area contributed by atoms with Gasteiger partial charge in [0, 0.05) is 21.0 Å². The quantitative estimate of drug-likeness (QED) is 0.574. The molecule has 0 rings (SSSR count). The third-order valence-electron chi connectivity index (χ3n) is 1.93. The van der Waals surface area contributed by atoms with Gasteiger partial charge in [0.1, 0.15) is 0 Å². The second kappa shape index (κ2) is 7.62. The van der Waals surface area contributed by atoms with Crippen molar-refractivity contribution < 1.29 is 0 Å². The van der Waals surface area contributed by atoms with E-state index < -0.39 is 0 Å². The molecule has 2 N–H and O–H groups in total. The standard InChI is InChI=1S/C13H25BrN2S/c1-9(2)15-12(16-13(4,5)6)8-11(14)10(3)17-7/h8-9,12,15-16H,3H2,1-2,4-7H3/b11-8+. The Morgan fingerprint density at radius 1 is 1.35 bits per heavy atom. The Morgan fingerprint density at radius 3 is 2.24 bits per heavy atom. The van der Waals surface area contributed by atoms with Gasteiger partial charge >= 0.3 is 0 Å². The maximum Gasteiger partial charge on any atom is 0.0784 e. The van der Waals surface area contributed by atoms with Gasteiger partial charge in [0.2, 0.25) is 0 Å². The minimum atomic E-state index is 0.0665. The molecule has 0 bridgehead atoms. The largest absolute Gasteiger partial charge is 0.296 e. The van der Waals surface area contributed by atoms with Gasteiger partial charge in [0.05, 0.1) is 6.17 Å². The highest BCUT2D eigenvalue weighted by atomic mass is 79.9. The molecular weight excluding hydrogens is 296 g/mol. The van der Waals surface area contributed by atoms with E-state index in [0.29, 0.717) is 6.04 Å². The van der Waals surface area contributed by atoms with Crippen LogP contribution in [0, 0.1) is 0 Å². The first-order chi connectivity index (χ1) is 7.65. The molecule has 17 heavy (non-hydrogen) atoms. The molecule has 0 aromatic heterocycles. The van der Waals surface area contributed by atoms with Crippen molar-refractivity contribution in [2.75, 3.05) is 6.26 Å². The fourth-order valence-corrected chi connectivity index (χ4v) is 2.31. The van der Waals surface area contributed by atoms with E-state index in [1.54, 1.807) is 11.8 Å². The summed E-state index contributed by atoms with van der Waals surface area (Å²) in [5, 5.41) is 7.01. The summed E-state index contributed by atoms with van der Waals surface area (Å²) in [5.74, 6) is 0. The second-order valence-corrected chi connectivity index (χ2v) is 7.09. The molecule has 0 saturated carbocycles. The van der Waals surface area contributed by atoms with Crippen LogP contribution in [0.1, 0.15) is 34.6 Å². The van der Waals surface area contributed by atoms with E-state index in [1.807, 2.05) is 6.26 Å². The van der Waals surface area contributed by atoms with Gasteiger partial charge in [-0.05, 0) is 62.9 Å². The smallest absolute Gasteiger partial charge is 0.0784 e. The number of rotatable bonds is 6. The maximum atomic E-state index is 3.99. The molecule has 0 aliphatic heterocycles. The number of hydrogen-bond acceptors (Lipinski definition) is 3. The van der Waals surface area contributed by atoms with Gasteiger partial charge in [0.25, 0.3) is 0 Å². The summed E-state index contributed by atoms with van der Waals surface area (Å²) >= 11 is 5.21. The molecule has 0 amide bonds. The maximum absolute atomic E-state index is 3.99. The number of allylic oxidation sites excluding steroid dienone is 1. The van der Waals surface area contributed by atoms with Crippen molar-refractivity contribution in [3.8, 4) is 0 Å². The van der Waals surface area contributed by atoms with E-state index in [-0.39, 0.29) is 11.7 Å². The van der Waals surface area contributed by atoms with Crippen LogP contribution in [0.2, 0.25) is 0 Å². The van der Waals surface area contributed by atoms with Crippen LogP contribution in [0.4, 0.5) is 0 Å². The first kappa shape index (κ1) is 17.2. The molecule has 2 nitrogen and oxygen atoms in total. The van der Waals surface area contributed by atoms with Gasteiger partial charge in [0.15, 0.2) is 0 Å². The molecule has 4 heteroatoms. The monoisotopic (exact) mass is 320 g/mol. The molecule has 1 unspecified atom stereocenters. The lowest BCUT2D eigenvalue weighted by Crippen LogP contribution is -2.52. The summed E-state index contributed by atoms with van der Waals surface area (Å²) in [6.45, 7) is 14.8. The highest BCUT2D eigenvalue weighted by Crippen LogP contribution is 2.24. The predicted octanol–water partition coefficient (Wildman–Crippen LogP) is 3.85. The van der Waals surface area contributed by atoms with Crippen molar-refractivity contribution in [2.45, 2.75) is 52.4 Å². The van der Waals surface area contributed by atoms with Gasteiger partial charge in [-0.25, -0.2) is 0 Å².